The molecule has 4 heteroatoms. The number of hydrogen-bond acceptors (Lipinski definition) is 4. The lowest BCUT2D eigenvalue weighted by Gasteiger charge is -2.41. The van der Waals surface area contributed by atoms with Crippen LogP contribution in [0.3, 0.4) is 0 Å². The van der Waals surface area contributed by atoms with E-state index in [0.717, 1.165) is 73.5 Å². The summed E-state index contributed by atoms with van der Waals surface area (Å²) in [5.41, 5.74) is -0.0752. The number of fused-ring (bicyclic) bond motifs is 4. The Balaban J connectivity index is 0.000000291. The van der Waals surface area contributed by atoms with Gasteiger partial charge in [0.05, 0.1) is 5.92 Å². The summed E-state index contributed by atoms with van der Waals surface area (Å²) in [6.07, 6.45) is 21.0. The van der Waals surface area contributed by atoms with E-state index in [1.54, 1.807) is 0 Å². The number of esters is 2. The van der Waals surface area contributed by atoms with Crippen LogP contribution in [0.2, 0.25) is 0 Å². The van der Waals surface area contributed by atoms with E-state index in [-0.39, 0.29) is 59.3 Å². The molecule has 11 unspecified atom stereocenters. The smallest absolute Gasteiger partial charge is 0.309 e. The van der Waals surface area contributed by atoms with Crippen molar-refractivity contribution in [3.8, 4) is 0 Å². The third-order valence-electron chi connectivity index (χ3n) is 14.2. The predicted octanol–water partition coefficient (Wildman–Crippen LogP) is 11.3. The molecule has 7 aliphatic rings. The quantitative estimate of drug-likeness (QED) is 0.278. The highest BCUT2D eigenvalue weighted by atomic mass is 16.6. The number of ether oxygens (including phenoxy) is 2. The Morgan fingerprint density at radius 3 is 1.84 bits per heavy atom. The van der Waals surface area contributed by atoms with Gasteiger partial charge in [-0.25, -0.2) is 0 Å². The Hall–Kier alpha value is -1.06. The van der Waals surface area contributed by atoms with Crippen LogP contribution in [0, 0.1) is 65.1 Å². The molecule has 4 bridgehead atoms. The second-order valence-electron chi connectivity index (χ2n) is 15.8. The van der Waals surface area contributed by atoms with Crippen LogP contribution in [-0.4, -0.2) is 23.6 Å². The van der Waals surface area contributed by atoms with Gasteiger partial charge in [-0.3, -0.25) is 9.59 Å². The Labute approximate surface area is 274 Å². The summed E-state index contributed by atoms with van der Waals surface area (Å²) in [6.45, 7) is 9.63. The molecule has 0 aromatic heterocycles. The first-order valence-corrected chi connectivity index (χ1v) is 17.7. The van der Waals surface area contributed by atoms with Gasteiger partial charge in [0.15, 0.2) is 0 Å². The van der Waals surface area contributed by atoms with Gasteiger partial charge in [-0.05, 0) is 143 Å². The molecule has 6 aliphatic carbocycles. The van der Waals surface area contributed by atoms with Crippen LogP contribution in [0.15, 0.2) is 0 Å². The molecular weight excluding hydrogens is 544 g/mol. The first kappa shape index (κ1) is 39.1. The van der Waals surface area contributed by atoms with Crippen molar-refractivity contribution in [2.24, 2.45) is 65.1 Å². The van der Waals surface area contributed by atoms with Gasteiger partial charge >= 0.3 is 11.9 Å². The molecule has 4 nitrogen and oxygen atoms in total. The molecule has 1 aliphatic heterocycles. The number of hydrogen-bond donors (Lipinski definition) is 0. The molecule has 7 fully saturated rings. The van der Waals surface area contributed by atoms with E-state index in [9.17, 15) is 9.59 Å². The SMILES string of the molecule is C.C.C.C.CC1C2CC(C(=O)OC3(C4CCCCC4)CCCC3)C(C2)C1C.CC1C2CC(CCC3CCC(=O)O3)C(C2)C1C. The van der Waals surface area contributed by atoms with E-state index in [4.69, 9.17) is 9.47 Å². The molecule has 0 spiro atoms. The van der Waals surface area contributed by atoms with Crippen LogP contribution in [0.4, 0.5) is 0 Å². The van der Waals surface area contributed by atoms with Crippen molar-refractivity contribution in [2.75, 3.05) is 0 Å². The van der Waals surface area contributed by atoms with Crippen LogP contribution in [0.5, 0.6) is 0 Å². The molecule has 0 aromatic rings. The third kappa shape index (κ3) is 7.56. The van der Waals surface area contributed by atoms with Crippen molar-refractivity contribution < 1.29 is 19.1 Å². The molecule has 44 heavy (non-hydrogen) atoms. The Kier molecular flexibility index (Phi) is 14.4. The molecule has 1 heterocycles. The number of rotatable bonds is 6. The van der Waals surface area contributed by atoms with E-state index in [2.05, 4.69) is 27.7 Å². The average Bonchev–Trinajstić information content (AvgIpc) is 3.80. The number of carbonyl (C=O) groups is 2. The van der Waals surface area contributed by atoms with Gasteiger partial charge in [-0.1, -0.05) is 76.7 Å². The molecule has 0 N–H and O–H groups in total. The molecule has 0 aromatic carbocycles. The van der Waals surface area contributed by atoms with E-state index < -0.39 is 0 Å². The summed E-state index contributed by atoms with van der Waals surface area (Å²) in [5, 5.41) is 0. The van der Waals surface area contributed by atoms with Crippen molar-refractivity contribution in [1.82, 2.24) is 0 Å². The summed E-state index contributed by atoms with van der Waals surface area (Å²) in [5.74, 6) is 8.71. The normalized spacial score (nSPS) is 41.3. The summed E-state index contributed by atoms with van der Waals surface area (Å²) in [4.78, 5) is 24.1. The van der Waals surface area contributed by atoms with Crippen molar-refractivity contribution >= 4 is 11.9 Å². The Morgan fingerprint density at radius 2 is 1.32 bits per heavy atom. The second kappa shape index (κ2) is 16.2. The molecular formula is C40H74O4. The van der Waals surface area contributed by atoms with Crippen LogP contribution < -0.4 is 0 Å². The zero-order chi connectivity index (χ0) is 28.0. The molecule has 6 saturated carbocycles. The van der Waals surface area contributed by atoms with Crippen molar-refractivity contribution in [3.05, 3.63) is 0 Å². The molecule has 0 amide bonds. The summed E-state index contributed by atoms with van der Waals surface area (Å²) < 4.78 is 11.7. The number of carbonyl (C=O) groups excluding carboxylic acids is 2. The minimum atomic E-state index is -0.0752. The fraction of sp³-hybridized carbons (Fsp3) is 0.950. The first-order valence-electron chi connectivity index (χ1n) is 17.7. The van der Waals surface area contributed by atoms with E-state index in [0.29, 0.717) is 24.2 Å². The molecule has 11 atom stereocenters. The Morgan fingerprint density at radius 1 is 0.727 bits per heavy atom. The maximum Gasteiger partial charge on any atom is 0.309 e. The summed E-state index contributed by atoms with van der Waals surface area (Å²) >= 11 is 0. The fourth-order valence-electron chi connectivity index (χ4n) is 11.3. The van der Waals surface area contributed by atoms with Gasteiger partial charge < -0.3 is 9.47 Å². The van der Waals surface area contributed by atoms with Crippen molar-refractivity contribution in [1.29, 1.82) is 0 Å². The van der Waals surface area contributed by atoms with Crippen LogP contribution in [-0.2, 0) is 19.1 Å². The van der Waals surface area contributed by atoms with Gasteiger partial charge in [0.2, 0.25) is 0 Å². The molecule has 7 rings (SSSR count). The maximum atomic E-state index is 13.1. The predicted molar refractivity (Wildman–Crippen MR) is 185 cm³/mol. The minimum absolute atomic E-state index is 0. The lowest BCUT2D eigenvalue weighted by atomic mass is 9.74. The van der Waals surface area contributed by atoms with Gasteiger partial charge in [0.1, 0.15) is 11.7 Å². The van der Waals surface area contributed by atoms with Crippen LogP contribution in [0.25, 0.3) is 0 Å². The molecule has 0 radical (unpaired) electrons. The fourth-order valence-corrected chi connectivity index (χ4v) is 11.3. The maximum absolute atomic E-state index is 13.1. The molecule has 258 valence electrons. The third-order valence-corrected chi connectivity index (χ3v) is 14.2. The first-order chi connectivity index (χ1) is 19.3. The van der Waals surface area contributed by atoms with Gasteiger partial charge in [0, 0.05) is 6.42 Å². The van der Waals surface area contributed by atoms with Gasteiger partial charge in [-0.2, -0.15) is 0 Å². The topological polar surface area (TPSA) is 52.6 Å². The Bertz CT molecular complexity index is 897. The standard InChI is InChI=1S/C21H34O2.C15H24O2.4CH4/c1-14-15(2)18-12-16(14)13-19(18)20(22)23-21(10-6-7-11-21)17-8-4-3-5-9-17;1-9-10(2)14-8-12(9)7-11(14)3-4-13-5-6-15(16)17-13;;;;/h14-19H,3-13H2,1-2H3;9-14H,3-8H2,1-2H3;4*1H4. The highest BCUT2D eigenvalue weighted by Crippen LogP contribution is 2.57. The van der Waals surface area contributed by atoms with Crippen molar-refractivity contribution in [2.45, 2.75) is 178 Å². The summed E-state index contributed by atoms with van der Waals surface area (Å²) in [6, 6.07) is 0. The zero-order valence-corrected chi connectivity index (χ0v) is 26.1. The average molecular weight is 619 g/mol. The lowest BCUT2D eigenvalue weighted by molar-refractivity contribution is -0.175. The largest absolute Gasteiger partial charge is 0.462 e. The van der Waals surface area contributed by atoms with Crippen LogP contribution >= 0.6 is 0 Å². The van der Waals surface area contributed by atoms with Gasteiger partial charge in [0.25, 0.3) is 0 Å². The van der Waals surface area contributed by atoms with Gasteiger partial charge in [-0.15, -0.1) is 0 Å². The summed E-state index contributed by atoms with van der Waals surface area (Å²) in [7, 11) is 0. The zero-order valence-electron chi connectivity index (χ0n) is 26.1. The highest BCUT2D eigenvalue weighted by molar-refractivity contribution is 5.74. The van der Waals surface area contributed by atoms with E-state index in [1.807, 2.05) is 0 Å². The van der Waals surface area contributed by atoms with E-state index in [1.165, 1.54) is 70.6 Å². The van der Waals surface area contributed by atoms with Crippen molar-refractivity contribution in [3.63, 3.8) is 0 Å². The minimum Gasteiger partial charge on any atom is -0.462 e. The lowest BCUT2D eigenvalue weighted by Crippen LogP contribution is -2.44. The molecule has 1 saturated heterocycles. The monoisotopic (exact) mass is 619 g/mol. The highest BCUT2D eigenvalue weighted by Gasteiger charge is 2.54. The van der Waals surface area contributed by atoms with E-state index >= 15 is 0 Å². The van der Waals surface area contributed by atoms with Crippen LogP contribution in [0.1, 0.15) is 167 Å². The second-order valence-corrected chi connectivity index (χ2v) is 15.8. The number of cyclic esters (lactones) is 1.